The first-order chi connectivity index (χ1) is 13.0. The highest BCUT2D eigenvalue weighted by molar-refractivity contribution is 5.94. The zero-order valence-electron chi connectivity index (χ0n) is 14.7. The summed E-state index contributed by atoms with van der Waals surface area (Å²) in [5.41, 5.74) is 0.358. The summed E-state index contributed by atoms with van der Waals surface area (Å²) in [7, 11) is 1.56. The van der Waals surface area contributed by atoms with Crippen LogP contribution in [0.1, 0.15) is 20.8 Å². The first-order valence-corrected chi connectivity index (χ1v) is 8.32. The molecule has 27 heavy (non-hydrogen) atoms. The quantitative estimate of drug-likeness (QED) is 0.782. The van der Waals surface area contributed by atoms with Gasteiger partial charge in [0.05, 0.1) is 13.3 Å². The Kier molecular flexibility index (Phi) is 5.34. The van der Waals surface area contributed by atoms with Gasteiger partial charge in [0, 0.05) is 31.7 Å². The van der Waals surface area contributed by atoms with E-state index in [4.69, 9.17) is 9.84 Å². The summed E-state index contributed by atoms with van der Waals surface area (Å²) in [5.74, 6) is -0.805. The molecular weight excluding hydrogens is 354 g/mol. The number of carbonyl (C=O) groups excluding carboxylic acids is 2. The third-order valence-electron chi connectivity index (χ3n) is 4.31. The largest absolute Gasteiger partial charge is 0.497 e. The van der Waals surface area contributed by atoms with Crippen molar-refractivity contribution in [2.75, 3.05) is 33.3 Å². The third-order valence-corrected chi connectivity index (χ3v) is 4.31. The van der Waals surface area contributed by atoms with Crippen molar-refractivity contribution in [2.45, 2.75) is 6.54 Å². The van der Waals surface area contributed by atoms with Crippen LogP contribution in [0.2, 0.25) is 0 Å². The lowest BCUT2D eigenvalue weighted by molar-refractivity contribution is -0.133. The summed E-state index contributed by atoms with van der Waals surface area (Å²) in [6, 6.07) is 6.89. The number of amides is 2. The van der Waals surface area contributed by atoms with Crippen LogP contribution in [0.15, 0.2) is 30.5 Å². The molecule has 1 N–H and O–H groups in total. The van der Waals surface area contributed by atoms with Crippen LogP contribution in [0.25, 0.3) is 0 Å². The zero-order valence-corrected chi connectivity index (χ0v) is 14.7. The predicted molar refractivity (Wildman–Crippen MR) is 92.5 cm³/mol. The van der Waals surface area contributed by atoms with Gasteiger partial charge in [-0.25, -0.2) is 9.48 Å². The molecule has 0 spiro atoms. The number of hydrogen-bond acceptors (Lipinski definition) is 6. The van der Waals surface area contributed by atoms with Gasteiger partial charge in [0.25, 0.3) is 5.91 Å². The van der Waals surface area contributed by atoms with Gasteiger partial charge >= 0.3 is 5.97 Å². The lowest BCUT2D eigenvalue weighted by atomic mass is 10.1. The SMILES string of the molecule is COc1ccc(C(=O)N2CCN(C(=O)Cn3cc(C(=O)O)nn3)CC2)cc1. The normalized spacial score (nSPS) is 14.1. The Morgan fingerprint density at radius 1 is 1.07 bits per heavy atom. The molecule has 1 aliphatic heterocycles. The van der Waals surface area contributed by atoms with Crippen molar-refractivity contribution < 1.29 is 24.2 Å². The number of piperazine rings is 1. The molecule has 2 heterocycles. The molecule has 1 aromatic carbocycles. The van der Waals surface area contributed by atoms with Crippen LogP contribution in [0.3, 0.4) is 0 Å². The van der Waals surface area contributed by atoms with E-state index in [0.29, 0.717) is 37.5 Å². The maximum atomic E-state index is 12.5. The van der Waals surface area contributed by atoms with Gasteiger partial charge in [-0.2, -0.15) is 0 Å². The average Bonchev–Trinajstić information content (AvgIpc) is 3.16. The molecule has 0 atom stereocenters. The number of carbonyl (C=O) groups is 3. The Balaban J connectivity index is 1.53. The number of aromatic carboxylic acids is 1. The first kappa shape index (κ1) is 18.4. The van der Waals surface area contributed by atoms with E-state index in [1.54, 1.807) is 41.2 Å². The maximum Gasteiger partial charge on any atom is 0.358 e. The molecular formula is C17H19N5O5. The molecule has 3 rings (SSSR count). The number of methoxy groups -OCH3 is 1. The van der Waals surface area contributed by atoms with Crippen LogP contribution in [-0.2, 0) is 11.3 Å². The van der Waals surface area contributed by atoms with Crippen LogP contribution in [0, 0.1) is 0 Å². The van der Waals surface area contributed by atoms with E-state index in [1.807, 2.05) is 0 Å². The van der Waals surface area contributed by atoms with Crippen molar-refractivity contribution in [3.63, 3.8) is 0 Å². The van der Waals surface area contributed by atoms with Gasteiger partial charge in [-0.3, -0.25) is 9.59 Å². The van der Waals surface area contributed by atoms with Crippen molar-refractivity contribution in [3.05, 3.63) is 41.7 Å². The molecule has 2 amide bonds. The molecule has 10 nitrogen and oxygen atoms in total. The molecule has 142 valence electrons. The second-order valence-corrected chi connectivity index (χ2v) is 6.01. The Hall–Kier alpha value is -3.43. The standard InChI is InChI=1S/C17H19N5O5/c1-27-13-4-2-12(3-5-13)16(24)21-8-6-20(7-9-21)15(23)11-22-10-14(17(25)26)18-19-22/h2-5,10H,6-9,11H2,1H3,(H,25,26). The van der Waals surface area contributed by atoms with Gasteiger partial charge in [-0.15, -0.1) is 5.10 Å². The smallest absolute Gasteiger partial charge is 0.358 e. The van der Waals surface area contributed by atoms with E-state index in [2.05, 4.69) is 10.3 Å². The Morgan fingerprint density at radius 3 is 2.26 bits per heavy atom. The number of aromatic nitrogens is 3. The number of carboxylic acid groups (broad SMARTS) is 1. The summed E-state index contributed by atoms with van der Waals surface area (Å²) in [6.07, 6.45) is 1.21. The fraction of sp³-hybridized carbons (Fsp3) is 0.353. The Labute approximate surface area is 154 Å². The fourth-order valence-corrected chi connectivity index (χ4v) is 2.79. The lowest BCUT2D eigenvalue weighted by Gasteiger charge is -2.34. The lowest BCUT2D eigenvalue weighted by Crippen LogP contribution is -2.51. The summed E-state index contributed by atoms with van der Waals surface area (Å²) in [5, 5.41) is 15.9. The van der Waals surface area contributed by atoms with Crippen LogP contribution < -0.4 is 4.74 Å². The number of benzene rings is 1. The van der Waals surface area contributed by atoms with E-state index in [1.165, 1.54) is 10.9 Å². The second kappa shape index (κ2) is 7.85. The van der Waals surface area contributed by atoms with Crippen LogP contribution >= 0.6 is 0 Å². The third kappa shape index (κ3) is 4.22. The van der Waals surface area contributed by atoms with E-state index in [9.17, 15) is 14.4 Å². The van der Waals surface area contributed by atoms with E-state index in [-0.39, 0.29) is 24.1 Å². The van der Waals surface area contributed by atoms with Crippen molar-refractivity contribution in [1.82, 2.24) is 24.8 Å². The summed E-state index contributed by atoms with van der Waals surface area (Å²) in [4.78, 5) is 39.0. The molecule has 10 heteroatoms. The number of rotatable bonds is 5. The minimum absolute atomic E-state index is 0.0906. The highest BCUT2D eigenvalue weighted by Gasteiger charge is 2.25. The topological polar surface area (TPSA) is 118 Å². The summed E-state index contributed by atoms with van der Waals surface area (Å²) < 4.78 is 6.28. The fourth-order valence-electron chi connectivity index (χ4n) is 2.79. The molecule has 1 fully saturated rings. The van der Waals surface area contributed by atoms with Gasteiger partial charge in [-0.1, -0.05) is 5.21 Å². The van der Waals surface area contributed by atoms with E-state index in [0.717, 1.165) is 0 Å². The van der Waals surface area contributed by atoms with Crippen molar-refractivity contribution >= 4 is 17.8 Å². The molecule has 0 unspecified atom stereocenters. The number of carboxylic acids is 1. The van der Waals surface area contributed by atoms with Crippen molar-refractivity contribution in [1.29, 1.82) is 0 Å². The number of ether oxygens (including phenoxy) is 1. The highest BCUT2D eigenvalue weighted by atomic mass is 16.5. The van der Waals surface area contributed by atoms with Gasteiger partial charge in [-0.05, 0) is 24.3 Å². The van der Waals surface area contributed by atoms with Gasteiger partial charge in [0.15, 0.2) is 5.69 Å². The monoisotopic (exact) mass is 373 g/mol. The Morgan fingerprint density at radius 2 is 1.70 bits per heavy atom. The minimum atomic E-state index is -1.20. The average molecular weight is 373 g/mol. The van der Waals surface area contributed by atoms with Crippen molar-refractivity contribution in [3.8, 4) is 5.75 Å². The zero-order chi connectivity index (χ0) is 19.4. The highest BCUT2D eigenvalue weighted by Crippen LogP contribution is 2.14. The molecule has 0 radical (unpaired) electrons. The van der Waals surface area contributed by atoms with Crippen LogP contribution in [-0.4, -0.2) is 81.0 Å². The predicted octanol–water partition coefficient (Wildman–Crippen LogP) is -0.0305. The minimum Gasteiger partial charge on any atom is -0.497 e. The molecule has 1 aromatic heterocycles. The summed E-state index contributed by atoms with van der Waals surface area (Å²) in [6.45, 7) is 1.57. The van der Waals surface area contributed by atoms with E-state index < -0.39 is 5.97 Å². The first-order valence-electron chi connectivity index (χ1n) is 8.32. The van der Waals surface area contributed by atoms with Gasteiger partial charge in [0.1, 0.15) is 12.3 Å². The molecule has 0 saturated carbocycles. The van der Waals surface area contributed by atoms with Crippen molar-refractivity contribution in [2.24, 2.45) is 0 Å². The molecule has 0 aliphatic carbocycles. The van der Waals surface area contributed by atoms with Crippen LogP contribution in [0.5, 0.6) is 5.75 Å². The molecule has 1 aliphatic rings. The Bertz CT molecular complexity index is 840. The van der Waals surface area contributed by atoms with Gasteiger partial charge < -0.3 is 19.6 Å². The molecule has 1 saturated heterocycles. The van der Waals surface area contributed by atoms with E-state index >= 15 is 0 Å². The summed E-state index contributed by atoms with van der Waals surface area (Å²) >= 11 is 0. The number of hydrogen-bond donors (Lipinski definition) is 1. The van der Waals surface area contributed by atoms with Gasteiger partial charge in [0.2, 0.25) is 5.91 Å². The maximum absolute atomic E-state index is 12.5. The van der Waals surface area contributed by atoms with Crippen LogP contribution in [0.4, 0.5) is 0 Å². The second-order valence-electron chi connectivity index (χ2n) is 6.01. The molecule has 2 aromatic rings. The number of nitrogens with zero attached hydrogens (tertiary/aromatic N) is 5. The molecule has 0 bridgehead atoms.